The molecule has 0 aliphatic heterocycles. The minimum Gasteiger partial charge on any atom is -0.289 e. The van der Waals surface area contributed by atoms with E-state index in [-0.39, 0.29) is 27.1 Å². The van der Waals surface area contributed by atoms with Gasteiger partial charge in [0.2, 0.25) is 5.95 Å². The third-order valence-corrected chi connectivity index (χ3v) is 4.67. The standard InChI is InChI=1S/C12H15ClN6O4S/c1-18-12(15-16-17-18)14-11(20)7-5-6-8(24(4,21)22)10(9(7)13)19(2)23-3/h5-6H,1-4H3,(H,14,15,17,20). The molecule has 130 valence electrons. The van der Waals surface area contributed by atoms with Crippen LogP contribution in [0.1, 0.15) is 10.4 Å². The molecule has 1 N–H and O–H groups in total. The molecular formula is C12H15ClN6O4S. The molecule has 2 rings (SSSR count). The number of aromatic nitrogens is 4. The fourth-order valence-corrected chi connectivity index (χ4v) is 3.23. The van der Waals surface area contributed by atoms with Crippen molar-refractivity contribution in [1.82, 2.24) is 20.2 Å². The first-order valence-corrected chi connectivity index (χ1v) is 8.77. The maximum absolute atomic E-state index is 12.4. The molecule has 2 aromatic rings. The zero-order valence-corrected chi connectivity index (χ0v) is 14.9. The summed E-state index contributed by atoms with van der Waals surface area (Å²) in [7, 11) is 0.789. The third kappa shape index (κ3) is 3.47. The Morgan fingerprint density at radius 3 is 2.58 bits per heavy atom. The Kier molecular flexibility index (Phi) is 5.06. The van der Waals surface area contributed by atoms with Crippen molar-refractivity contribution in [3.05, 3.63) is 22.7 Å². The van der Waals surface area contributed by atoms with Crippen LogP contribution in [0.25, 0.3) is 0 Å². The van der Waals surface area contributed by atoms with Gasteiger partial charge in [-0.2, -0.15) is 0 Å². The number of amides is 1. The third-order valence-electron chi connectivity index (χ3n) is 3.16. The van der Waals surface area contributed by atoms with Crippen LogP contribution in [-0.2, 0) is 21.7 Å². The van der Waals surface area contributed by atoms with Gasteiger partial charge in [0.05, 0.1) is 22.6 Å². The molecule has 24 heavy (non-hydrogen) atoms. The van der Waals surface area contributed by atoms with Gasteiger partial charge in [0.15, 0.2) is 9.84 Å². The highest BCUT2D eigenvalue weighted by molar-refractivity contribution is 7.90. The predicted molar refractivity (Wildman–Crippen MR) is 86.7 cm³/mol. The summed E-state index contributed by atoms with van der Waals surface area (Å²) >= 11 is 6.26. The van der Waals surface area contributed by atoms with Crippen LogP contribution < -0.4 is 10.4 Å². The van der Waals surface area contributed by atoms with Gasteiger partial charge in [0, 0.05) is 20.4 Å². The number of nitrogens with zero attached hydrogens (tertiary/aromatic N) is 5. The van der Waals surface area contributed by atoms with Gasteiger partial charge >= 0.3 is 0 Å². The summed E-state index contributed by atoms with van der Waals surface area (Å²) in [6.45, 7) is 0. The summed E-state index contributed by atoms with van der Waals surface area (Å²) in [6.07, 6.45) is 1.04. The Morgan fingerprint density at radius 2 is 2.08 bits per heavy atom. The van der Waals surface area contributed by atoms with E-state index in [9.17, 15) is 13.2 Å². The Labute approximate surface area is 143 Å². The van der Waals surface area contributed by atoms with Crippen molar-refractivity contribution in [1.29, 1.82) is 0 Å². The van der Waals surface area contributed by atoms with Crippen LogP contribution in [0.4, 0.5) is 11.6 Å². The summed E-state index contributed by atoms with van der Waals surface area (Å²) < 4.78 is 25.1. The second kappa shape index (κ2) is 6.71. The molecule has 0 bridgehead atoms. The van der Waals surface area contributed by atoms with E-state index in [1.807, 2.05) is 0 Å². The number of halogens is 1. The van der Waals surface area contributed by atoms with E-state index in [2.05, 4.69) is 20.8 Å². The highest BCUT2D eigenvalue weighted by Crippen LogP contribution is 2.35. The first kappa shape index (κ1) is 18.1. The van der Waals surface area contributed by atoms with E-state index in [0.29, 0.717) is 0 Å². The van der Waals surface area contributed by atoms with E-state index in [4.69, 9.17) is 16.4 Å². The summed E-state index contributed by atoms with van der Waals surface area (Å²) in [6, 6.07) is 2.60. The number of sulfone groups is 1. The first-order chi connectivity index (χ1) is 11.2. The summed E-state index contributed by atoms with van der Waals surface area (Å²) in [4.78, 5) is 17.4. The molecule has 10 nitrogen and oxygen atoms in total. The molecule has 0 atom stereocenters. The molecule has 0 aliphatic rings. The average Bonchev–Trinajstić information content (AvgIpc) is 2.90. The highest BCUT2D eigenvalue weighted by Gasteiger charge is 2.25. The minimum absolute atomic E-state index is 0.0472. The van der Waals surface area contributed by atoms with Gasteiger partial charge in [-0.1, -0.05) is 16.7 Å². The molecule has 0 unspecified atom stereocenters. The number of hydroxylamine groups is 1. The molecule has 0 radical (unpaired) electrons. The van der Waals surface area contributed by atoms with Crippen molar-refractivity contribution in [2.75, 3.05) is 30.8 Å². The first-order valence-electron chi connectivity index (χ1n) is 6.51. The Hall–Kier alpha value is -2.24. The number of tetrazole rings is 1. The van der Waals surface area contributed by atoms with Gasteiger partial charge < -0.3 is 0 Å². The van der Waals surface area contributed by atoms with Crippen LogP contribution >= 0.6 is 11.6 Å². The Bertz CT molecular complexity index is 882. The average molecular weight is 375 g/mol. The zero-order chi connectivity index (χ0) is 18.1. The second-order valence-electron chi connectivity index (χ2n) is 4.81. The lowest BCUT2D eigenvalue weighted by atomic mass is 10.2. The lowest BCUT2D eigenvalue weighted by Crippen LogP contribution is -2.21. The van der Waals surface area contributed by atoms with Crippen LogP contribution in [-0.4, -0.2) is 54.9 Å². The van der Waals surface area contributed by atoms with Crippen molar-refractivity contribution in [3.63, 3.8) is 0 Å². The van der Waals surface area contributed by atoms with Gasteiger partial charge in [-0.25, -0.2) is 13.1 Å². The molecule has 0 saturated heterocycles. The second-order valence-corrected chi connectivity index (χ2v) is 7.17. The van der Waals surface area contributed by atoms with Crippen molar-refractivity contribution < 1.29 is 18.0 Å². The highest BCUT2D eigenvalue weighted by atomic mass is 35.5. The maximum Gasteiger partial charge on any atom is 0.259 e. The molecule has 0 aliphatic carbocycles. The van der Waals surface area contributed by atoms with E-state index in [1.165, 1.54) is 36.0 Å². The number of hydrogen-bond donors (Lipinski definition) is 1. The van der Waals surface area contributed by atoms with Crippen molar-refractivity contribution in [3.8, 4) is 0 Å². The number of aryl methyl sites for hydroxylation is 1. The molecule has 0 saturated carbocycles. The molecule has 12 heteroatoms. The predicted octanol–water partition coefficient (Wildman–Crippen LogP) is 0.517. The number of benzene rings is 1. The van der Waals surface area contributed by atoms with Gasteiger partial charge in [-0.15, -0.1) is 0 Å². The number of carbonyl (C=O) groups excluding carboxylic acids is 1. The number of carbonyl (C=O) groups is 1. The van der Waals surface area contributed by atoms with Crippen LogP contribution in [0.2, 0.25) is 5.02 Å². The SMILES string of the molecule is CON(C)c1c(S(C)(=O)=O)ccc(C(=O)Nc2nnnn2C)c1Cl. The quantitative estimate of drug-likeness (QED) is 0.752. The van der Waals surface area contributed by atoms with Gasteiger partial charge in [-0.05, 0) is 22.6 Å². The molecule has 1 aromatic carbocycles. The van der Waals surface area contributed by atoms with Crippen LogP contribution in [0, 0.1) is 0 Å². The van der Waals surface area contributed by atoms with E-state index in [1.54, 1.807) is 7.05 Å². The van der Waals surface area contributed by atoms with Crippen molar-refractivity contribution >= 4 is 39.0 Å². The summed E-state index contributed by atoms with van der Waals surface area (Å²) in [5.41, 5.74) is 0.108. The van der Waals surface area contributed by atoms with Crippen LogP contribution in [0.3, 0.4) is 0 Å². The minimum atomic E-state index is -3.58. The smallest absolute Gasteiger partial charge is 0.259 e. The largest absolute Gasteiger partial charge is 0.289 e. The van der Waals surface area contributed by atoms with Crippen LogP contribution in [0.5, 0.6) is 0 Å². The van der Waals surface area contributed by atoms with Crippen molar-refractivity contribution in [2.24, 2.45) is 7.05 Å². The number of anilines is 2. The normalized spacial score (nSPS) is 11.4. The zero-order valence-electron chi connectivity index (χ0n) is 13.3. The molecular weight excluding hydrogens is 360 g/mol. The van der Waals surface area contributed by atoms with Crippen molar-refractivity contribution in [2.45, 2.75) is 4.90 Å². The van der Waals surface area contributed by atoms with Gasteiger partial charge in [0.25, 0.3) is 5.91 Å². The van der Waals surface area contributed by atoms with Crippen LogP contribution in [0.15, 0.2) is 17.0 Å². The molecule has 0 fully saturated rings. The van der Waals surface area contributed by atoms with E-state index >= 15 is 0 Å². The number of rotatable bonds is 5. The number of hydrogen-bond acceptors (Lipinski definition) is 8. The fraction of sp³-hybridized carbons (Fsp3) is 0.333. The molecule has 1 aromatic heterocycles. The molecule has 1 heterocycles. The fourth-order valence-electron chi connectivity index (χ4n) is 1.91. The Morgan fingerprint density at radius 1 is 1.42 bits per heavy atom. The van der Waals surface area contributed by atoms with E-state index < -0.39 is 15.7 Å². The summed E-state index contributed by atoms with van der Waals surface area (Å²) in [5, 5.41) is 14.2. The molecule has 1 amide bonds. The lowest BCUT2D eigenvalue weighted by molar-refractivity contribution is 0.102. The maximum atomic E-state index is 12.4. The van der Waals surface area contributed by atoms with Gasteiger partial charge in [-0.3, -0.25) is 20.0 Å². The molecule has 0 spiro atoms. The monoisotopic (exact) mass is 374 g/mol. The van der Waals surface area contributed by atoms with E-state index in [0.717, 1.165) is 6.26 Å². The topological polar surface area (TPSA) is 119 Å². The number of nitrogens with one attached hydrogen (secondary N) is 1. The lowest BCUT2D eigenvalue weighted by Gasteiger charge is -2.21. The van der Waals surface area contributed by atoms with Gasteiger partial charge in [0.1, 0.15) is 5.69 Å². The Balaban J connectivity index is 2.53. The summed E-state index contributed by atoms with van der Waals surface area (Å²) in [5.74, 6) is -0.478.